The van der Waals surface area contributed by atoms with Gasteiger partial charge >= 0.3 is 0 Å². The summed E-state index contributed by atoms with van der Waals surface area (Å²) in [5.74, 6) is 1.81. The lowest BCUT2D eigenvalue weighted by molar-refractivity contribution is -0.140. The molecule has 156 valence electrons. The molecule has 0 bridgehead atoms. The Bertz CT molecular complexity index is 759. The van der Waals surface area contributed by atoms with Gasteiger partial charge in [0.1, 0.15) is 0 Å². The number of carbonyl (C=O) groups excluding carboxylic acids is 2. The Morgan fingerprint density at radius 1 is 1.03 bits per heavy atom. The molecule has 2 aliphatic heterocycles. The van der Waals surface area contributed by atoms with Crippen LogP contribution in [0.5, 0.6) is 0 Å². The van der Waals surface area contributed by atoms with Gasteiger partial charge in [0, 0.05) is 30.5 Å². The first-order valence-corrected chi connectivity index (χ1v) is 11.8. The standard InChI is InChI=1S/C25H34N2O2/c28-23-12-5-11-21-20(17-18-7-2-1-3-8-18)22(26-24(29)19-9-4-10-19)13-15-25(21)14-6-16-27(23)25/h1-3,7-8,19-22H,4-6,9-17H2,(H,26,29)/t20-,21+,22+,25-/m1/s1. The Morgan fingerprint density at radius 2 is 1.86 bits per heavy atom. The van der Waals surface area contributed by atoms with Crippen molar-refractivity contribution in [1.82, 2.24) is 10.2 Å². The van der Waals surface area contributed by atoms with Crippen LogP contribution in [0.1, 0.15) is 69.8 Å². The maximum absolute atomic E-state index is 12.9. The minimum absolute atomic E-state index is 0.0464. The summed E-state index contributed by atoms with van der Waals surface area (Å²) >= 11 is 0. The largest absolute Gasteiger partial charge is 0.353 e. The second kappa shape index (κ2) is 7.77. The van der Waals surface area contributed by atoms with Crippen LogP contribution < -0.4 is 5.32 Å². The molecular formula is C25H34N2O2. The van der Waals surface area contributed by atoms with Crippen molar-refractivity contribution in [3.63, 3.8) is 0 Å². The van der Waals surface area contributed by atoms with E-state index in [4.69, 9.17) is 0 Å². The molecule has 2 amide bonds. The van der Waals surface area contributed by atoms with E-state index in [-0.39, 0.29) is 23.4 Å². The number of benzene rings is 1. The molecule has 5 rings (SSSR count). The van der Waals surface area contributed by atoms with E-state index in [0.29, 0.717) is 24.2 Å². The van der Waals surface area contributed by atoms with Crippen molar-refractivity contribution in [3.05, 3.63) is 35.9 Å². The fourth-order valence-corrected chi connectivity index (χ4v) is 6.82. The average Bonchev–Trinajstić information content (AvgIpc) is 3.04. The predicted octanol–water partition coefficient (Wildman–Crippen LogP) is 4.09. The normalized spacial score (nSPS) is 34.7. The molecule has 1 aromatic rings. The second-order valence-electron chi connectivity index (χ2n) is 9.89. The Hall–Kier alpha value is -1.84. The molecule has 2 heterocycles. The second-order valence-corrected chi connectivity index (χ2v) is 9.89. The summed E-state index contributed by atoms with van der Waals surface area (Å²) in [5, 5.41) is 3.49. The summed E-state index contributed by atoms with van der Waals surface area (Å²) in [7, 11) is 0. The van der Waals surface area contributed by atoms with Crippen molar-refractivity contribution in [3.8, 4) is 0 Å². The Kier molecular flexibility index (Phi) is 5.13. The lowest BCUT2D eigenvalue weighted by Gasteiger charge is -2.53. The number of rotatable bonds is 4. The first kappa shape index (κ1) is 19.1. The van der Waals surface area contributed by atoms with Gasteiger partial charge in [-0.25, -0.2) is 0 Å². The van der Waals surface area contributed by atoms with Gasteiger partial charge in [-0.15, -0.1) is 0 Å². The van der Waals surface area contributed by atoms with E-state index in [9.17, 15) is 9.59 Å². The molecule has 2 aliphatic carbocycles. The number of hydrogen-bond donors (Lipinski definition) is 1. The Morgan fingerprint density at radius 3 is 2.62 bits per heavy atom. The number of hydrogen-bond acceptors (Lipinski definition) is 2. The predicted molar refractivity (Wildman–Crippen MR) is 113 cm³/mol. The van der Waals surface area contributed by atoms with E-state index in [1.807, 2.05) is 0 Å². The van der Waals surface area contributed by atoms with Crippen molar-refractivity contribution >= 4 is 11.8 Å². The highest BCUT2D eigenvalue weighted by Crippen LogP contribution is 2.52. The first-order chi connectivity index (χ1) is 14.2. The third kappa shape index (κ3) is 3.39. The molecule has 1 N–H and O–H groups in total. The molecule has 0 aromatic heterocycles. The monoisotopic (exact) mass is 394 g/mol. The number of carbonyl (C=O) groups is 2. The molecule has 4 heteroatoms. The van der Waals surface area contributed by atoms with Crippen LogP contribution in [0.15, 0.2) is 30.3 Å². The van der Waals surface area contributed by atoms with E-state index in [2.05, 4.69) is 40.5 Å². The molecule has 4 nitrogen and oxygen atoms in total. The van der Waals surface area contributed by atoms with Crippen LogP contribution in [0, 0.1) is 17.8 Å². The molecule has 0 radical (unpaired) electrons. The molecule has 2 saturated heterocycles. The van der Waals surface area contributed by atoms with Crippen molar-refractivity contribution < 1.29 is 9.59 Å². The molecule has 0 unspecified atom stereocenters. The zero-order chi connectivity index (χ0) is 19.8. The van der Waals surface area contributed by atoms with Gasteiger partial charge in [0.15, 0.2) is 0 Å². The number of nitrogens with one attached hydrogen (secondary N) is 1. The molecule has 4 atom stereocenters. The summed E-state index contributed by atoms with van der Waals surface area (Å²) in [6.07, 6.45) is 11.5. The Labute approximate surface area is 174 Å². The third-order valence-corrected chi connectivity index (χ3v) is 8.47. The van der Waals surface area contributed by atoms with Crippen molar-refractivity contribution in [2.24, 2.45) is 17.8 Å². The van der Waals surface area contributed by atoms with Crippen LogP contribution in [-0.4, -0.2) is 34.8 Å². The molecule has 2 saturated carbocycles. The van der Waals surface area contributed by atoms with E-state index in [0.717, 1.165) is 64.3 Å². The summed E-state index contributed by atoms with van der Waals surface area (Å²) in [6, 6.07) is 11.0. The summed E-state index contributed by atoms with van der Waals surface area (Å²) in [6.45, 7) is 0.937. The SMILES string of the molecule is O=C(N[C@H]1CC[C@@]23CCCN2C(=O)CCC[C@H]3[C@H]1Cc1ccccc1)C1CCC1. The zero-order valence-electron chi connectivity index (χ0n) is 17.4. The zero-order valence-corrected chi connectivity index (χ0v) is 17.4. The fraction of sp³-hybridized carbons (Fsp3) is 0.680. The molecule has 29 heavy (non-hydrogen) atoms. The van der Waals surface area contributed by atoms with Gasteiger partial charge in [0.2, 0.25) is 11.8 Å². The smallest absolute Gasteiger partial charge is 0.223 e. The molecule has 1 aromatic carbocycles. The van der Waals surface area contributed by atoms with Crippen molar-refractivity contribution in [2.75, 3.05) is 6.54 Å². The lowest BCUT2D eigenvalue weighted by atomic mass is 9.61. The minimum atomic E-state index is 0.0464. The molecular weight excluding hydrogens is 360 g/mol. The van der Waals surface area contributed by atoms with Crippen molar-refractivity contribution in [1.29, 1.82) is 0 Å². The van der Waals surface area contributed by atoms with E-state index >= 15 is 0 Å². The van der Waals surface area contributed by atoms with Crippen LogP contribution in [0.2, 0.25) is 0 Å². The van der Waals surface area contributed by atoms with Gasteiger partial charge in [-0.3, -0.25) is 9.59 Å². The van der Waals surface area contributed by atoms with Gasteiger partial charge in [-0.05, 0) is 75.2 Å². The molecule has 1 spiro atoms. The van der Waals surface area contributed by atoms with Gasteiger partial charge in [0.25, 0.3) is 0 Å². The maximum Gasteiger partial charge on any atom is 0.223 e. The summed E-state index contributed by atoms with van der Waals surface area (Å²) in [4.78, 5) is 28.0. The summed E-state index contributed by atoms with van der Waals surface area (Å²) in [5.41, 5.74) is 1.41. The van der Waals surface area contributed by atoms with Crippen LogP contribution in [0.3, 0.4) is 0 Å². The summed E-state index contributed by atoms with van der Waals surface area (Å²) < 4.78 is 0. The van der Waals surface area contributed by atoms with E-state index in [1.165, 1.54) is 12.0 Å². The fourth-order valence-electron chi connectivity index (χ4n) is 6.82. The highest BCUT2D eigenvalue weighted by atomic mass is 16.2. The average molecular weight is 395 g/mol. The van der Waals surface area contributed by atoms with Gasteiger partial charge in [-0.2, -0.15) is 0 Å². The van der Waals surface area contributed by atoms with Gasteiger partial charge in [0.05, 0.1) is 0 Å². The lowest BCUT2D eigenvalue weighted by Crippen LogP contribution is -2.61. The topological polar surface area (TPSA) is 49.4 Å². The van der Waals surface area contributed by atoms with E-state index < -0.39 is 0 Å². The quantitative estimate of drug-likeness (QED) is 0.836. The minimum Gasteiger partial charge on any atom is -0.353 e. The third-order valence-electron chi connectivity index (χ3n) is 8.47. The number of nitrogens with zero attached hydrogens (tertiary/aromatic N) is 1. The van der Waals surface area contributed by atoms with Gasteiger partial charge < -0.3 is 10.2 Å². The highest BCUT2D eigenvalue weighted by molar-refractivity contribution is 5.80. The molecule has 4 aliphatic rings. The first-order valence-electron chi connectivity index (χ1n) is 11.8. The van der Waals surface area contributed by atoms with Crippen LogP contribution in [0.4, 0.5) is 0 Å². The van der Waals surface area contributed by atoms with Gasteiger partial charge in [-0.1, -0.05) is 36.8 Å². The van der Waals surface area contributed by atoms with Crippen LogP contribution in [0.25, 0.3) is 0 Å². The Balaban J connectivity index is 1.45. The van der Waals surface area contributed by atoms with Crippen molar-refractivity contribution in [2.45, 2.75) is 82.2 Å². The van der Waals surface area contributed by atoms with Crippen LogP contribution in [-0.2, 0) is 16.0 Å². The number of amides is 2. The maximum atomic E-state index is 12.9. The van der Waals surface area contributed by atoms with E-state index in [1.54, 1.807) is 0 Å². The molecule has 4 fully saturated rings. The highest BCUT2D eigenvalue weighted by Gasteiger charge is 2.56. The van der Waals surface area contributed by atoms with Crippen LogP contribution >= 0.6 is 0 Å².